The second-order valence-corrected chi connectivity index (χ2v) is 6.95. The summed E-state index contributed by atoms with van der Waals surface area (Å²) >= 11 is 13.0. The second-order valence-electron chi connectivity index (χ2n) is 3.44. The lowest BCUT2D eigenvalue weighted by atomic mass is 10.3. The van der Waals surface area contributed by atoms with Gasteiger partial charge in [-0.25, -0.2) is 0 Å². The highest BCUT2D eigenvalue weighted by atomic mass is 79.9. The third-order valence-corrected chi connectivity index (χ3v) is 5.96. The molecule has 0 aliphatic carbocycles. The third kappa shape index (κ3) is 3.48. The van der Waals surface area contributed by atoms with E-state index < -0.39 is 0 Å². The molecular weight excluding hydrogens is 338 g/mol. The molecule has 0 saturated carbocycles. The zero-order valence-corrected chi connectivity index (χ0v) is 12.9. The van der Waals surface area contributed by atoms with Crippen LogP contribution in [0.5, 0.6) is 0 Å². The summed E-state index contributed by atoms with van der Waals surface area (Å²) in [6, 6.07) is 9.98. The van der Waals surface area contributed by atoms with E-state index in [4.69, 9.17) is 17.3 Å². The van der Waals surface area contributed by atoms with Crippen LogP contribution in [0, 0.1) is 0 Å². The molecular formula is C12H11BrClNS2. The second kappa shape index (κ2) is 6.25. The predicted molar refractivity (Wildman–Crippen MR) is 81.1 cm³/mol. The number of hydrogen-bond acceptors (Lipinski definition) is 3. The van der Waals surface area contributed by atoms with Gasteiger partial charge in [-0.3, -0.25) is 0 Å². The minimum atomic E-state index is 0.256. The van der Waals surface area contributed by atoms with Crippen molar-refractivity contribution in [3.8, 4) is 0 Å². The summed E-state index contributed by atoms with van der Waals surface area (Å²) in [4.78, 5) is 2.35. The molecule has 90 valence electrons. The van der Waals surface area contributed by atoms with Gasteiger partial charge in [-0.15, -0.1) is 23.1 Å². The molecule has 2 aromatic rings. The van der Waals surface area contributed by atoms with Crippen LogP contribution in [-0.4, -0.2) is 6.54 Å². The summed E-state index contributed by atoms with van der Waals surface area (Å²) in [6.07, 6.45) is 0. The summed E-state index contributed by atoms with van der Waals surface area (Å²) in [5.41, 5.74) is 5.84. The molecule has 0 aliphatic rings. The molecule has 1 aromatic carbocycles. The van der Waals surface area contributed by atoms with Crippen molar-refractivity contribution in [2.75, 3.05) is 6.54 Å². The molecule has 0 saturated heterocycles. The first-order valence-electron chi connectivity index (χ1n) is 5.06. The van der Waals surface area contributed by atoms with Crippen LogP contribution in [0.15, 0.2) is 45.1 Å². The highest BCUT2D eigenvalue weighted by molar-refractivity contribution is 9.10. The molecule has 1 atom stereocenters. The Labute approximate surface area is 122 Å². The quantitative estimate of drug-likeness (QED) is 0.791. The Morgan fingerprint density at radius 2 is 2.18 bits per heavy atom. The van der Waals surface area contributed by atoms with Crippen molar-refractivity contribution in [3.63, 3.8) is 0 Å². The Balaban J connectivity index is 2.18. The number of thiophene rings is 1. The van der Waals surface area contributed by atoms with Gasteiger partial charge in [0.05, 0.1) is 10.3 Å². The minimum Gasteiger partial charge on any atom is -0.329 e. The highest BCUT2D eigenvalue weighted by Crippen LogP contribution is 2.40. The van der Waals surface area contributed by atoms with E-state index in [-0.39, 0.29) is 5.25 Å². The maximum Gasteiger partial charge on any atom is 0.0561 e. The molecule has 0 bridgehead atoms. The first kappa shape index (κ1) is 13.4. The van der Waals surface area contributed by atoms with E-state index in [9.17, 15) is 0 Å². The fraction of sp³-hybridized carbons (Fsp3) is 0.167. The maximum atomic E-state index is 6.15. The van der Waals surface area contributed by atoms with Crippen molar-refractivity contribution in [1.82, 2.24) is 0 Å². The lowest BCUT2D eigenvalue weighted by Gasteiger charge is -2.13. The zero-order valence-electron chi connectivity index (χ0n) is 8.90. The third-order valence-electron chi connectivity index (χ3n) is 2.23. The molecule has 5 heteroatoms. The van der Waals surface area contributed by atoms with Crippen LogP contribution in [0.1, 0.15) is 10.1 Å². The normalized spacial score (nSPS) is 12.6. The molecule has 2 N–H and O–H groups in total. The average molecular weight is 349 g/mol. The van der Waals surface area contributed by atoms with Gasteiger partial charge in [-0.1, -0.05) is 23.7 Å². The molecule has 0 amide bonds. The monoisotopic (exact) mass is 347 g/mol. The standard InChI is InChI=1S/C12H11BrClNS2/c13-8-5-11(16-7-8)12(6-15)17-10-4-2-1-3-9(10)14/h1-5,7,12H,6,15H2. The Hall–Kier alpha value is -0.0000000000000000833. The average Bonchev–Trinajstić information content (AvgIpc) is 2.75. The molecule has 0 radical (unpaired) electrons. The van der Waals surface area contributed by atoms with Crippen LogP contribution in [0.3, 0.4) is 0 Å². The summed E-state index contributed by atoms with van der Waals surface area (Å²) in [5, 5.41) is 3.11. The summed E-state index contributed by atoms with van der Waals surface area (Å²) in [7, 11) is 0. The van der Waals surface area contributed by atoms with Gasteiger partial charge in [0.1, 0.15) is 0 Å². The van der Waals surface area contributed by atoms with E-state index >= 15 is 0 Å². The van der Waals surface area contributed by atoms with Gasteiger partial charge in [0.15, 0.2) is 0 Å². The van der Waals surface area contributed by atoms with E-state index in [1.165, 1.54) is 4.88 Å². The topological polar surface area (TPSA) is 26.0 Å². The Morgan fingerprint density at radius 3 is 2.76 bits per heavy atom. The first-order valence-corrected chi connectivity index (χ1v) is 7.99. The Kier molecular flexibility index (Phi) is 4.94. The van der Waals surface area contributed by atoms with E-state index in [0.717, 1.165) is 14.4 Å². The van der Waals surface area contributed by atoms with Gasteiger partial charge in [-0.05, 0) is 34.1 Å². The number of rotatable bonds is 4. The fourth-order valence-electron chi connectivity index (χ4n) is 1.41. The number of thioether (sulfide) groups is 1. The van der Waals surface area contributed by atoms with Gasteiger partial charge in [0.25, 0.3) is 0 Å². The van der Waals surface area contributed by atoms with Crippen molar-refractivity contribution in [2.45, 2.75) is 10.1 Å². The van der Waals surface area contributed by atoms with Crippen LogP contribution in [0.4, 0.5) is 0 Å². The van der Waals surface area contributed by atoms with Crippen LogP contribution < -0.4 is 5.73 Å². The zero-order chi connectivity index (χ0) is 12.3. The molecule has 1 heterocycles. The molecule has 1 aromatic heterocycles. The van der Waals surface area contributed by atoms with Crippen LogP contribution in [0.2, 0.25) is 5.02 Å². The molecule has 1 unspecified atom stereocenters. The highest BCUT2D eigenvalue weighted by Gasteiger charge is 2.14. The molecule has 0 aliphatic heterocycles. The van der Waals surface area contributed by atoms with Gasteiger partial charge in [0.2, 0.25) is 0 Å². The molecule has 2 rings (SSSR count). The van der Waals surface area contributed by atoms with E-state index in [1.54, 1.807) is 23.1 Å². The number of nitrogens with two attached hydrogens (primary N) is 1. The number of benzene rings is 1. The first-order chi connectivity index (χ1) is 8.20. The molecule has 1 nitrogen and oxygen atoms in total. The maximum absolute atomic E-state index is 6.15. The van der Waals surface area contributed by atoms with Gasteiger partial charge < -0.3 is 5.73 Å². The largest absolute Gasteiger partial charge is 0.329 e. The van der Waals surface area contributed by atoms with Crippen molar-refractivity contribution >= 4 is 50.6 Å². The van der Waals surface area contributed by atoms with E-state index in [1.807, 2.05) is 24.3 Å². The van der Waals surface area contributed by atoms with Gasteiger partial charge in [0, 0.05) is 26.2 Å². The lowest BCUT2D eigenvalue weighted by molar-refractivity contribution is 0.960. The lowest BCUT2D eigenvalue weighted by Crippen LogP contribution is -2.07. The van der Waals surface area contributed by atoms with Gasteiger partial charge >= 0.3 is 0 Å². The SMILES string of the molecule is NCC(Sc1ccccc1Cl)c1cc(Br)cs1. The Morgan fingerprint density at radius 1 is 1.41 bits per heavy atom. The van der Waals surface area contributed by atoms with Crippen molar-refractivity contribution in [2.24, 2.45) is 5.73 Å². The van der Waals surface area contributed by atoms with Crippen molar-refractivity contribution in [1.29, 1.82) is 0 Å². The van der Waals surface area contributed by atoms with Crippen molar-refractivity contribution < 1.29 is 0 Å². The van der Waals surface area contributed by atoms with E-state index in [2.05, 4.69) is 27.4 Å². The van der Waals surface area contributed by atoms with Crippen molar-refractivity contribution in [3.05, 3.63) is 50.1 Å². The van der Waals surface area contributed by atoms with E-state index in [0.29, 0.717) is 6.54 Å². The summed E-state index contributed by atoms with van der Waals surface area (Å²) in [5.74, 6) is 0. The fourth-order valence-corrected chi connectivity index (χ4v) is 4.36. The molecule has 0 fully saturated rings. The minimum absolute atomic E-state index is 0.256. The molecule has 17 heavy (non-hydrogen) atoms. The molecule has 0 spiro atoms. The summed E-state index contributed by atoms with van der Waals surface area (Å²) in [6.45, 7) is 0.600. The smallest absolute Gasteiger partial charge is 0.0561 e. The Bertz CT molecular complexity index is 501. The van der Waals surface area contributed by atoms with Gasteiger partial charge in [-0.2, -0.15) is 0 Å². The number of hydrogen-bond donors (Lipinski definition) is 1. The van der Waals surface area contributed by atoms with Crippen LogP contribution in [-0.2, 0) is 0 Å². The summed E-state index contributed by atoms with van der Waals surface area (Å²) < 4.78 is 1.11. The number of halogens is 2. The van der Waals surface area contributed by atoms with Crippen LogP contribution >= 0.6 is 50.6 Å². The predicted octanol–water partition coefficient (Wildman–Crippen LogP) is 4.96. The van der Waals surface area contributed by atoms with Crippen LogP contribution in [0.25, 0.3) is 0 Å².